The summed E-state index contributed by atoms with van der Waals surface area (Å²) in [6.07, 6.45) is 1.88. The third-order valence-corrected chi connectivity index (χ3v) is 3.78. The van der Waals surface area contributed by atoms with E-state index in [1.165, 1.54) is 0 Å². The average Bonchev–Trinajstić information content (AvgIpc) is 2.41. The molecule has 4 heteroatoms. The quantitative estimate of drug-likeness (QED) is 0.809. The van der Waals surface area contributed by atoms with Crippen LogP contribution in [-0.4, -0.2) is 33.8 Å². The van der Waals surface area contributed by atoms with Crippen LogP contribution in [-0.2, 0) is 0 Å². The zero-order valence-electron chi connectivity index (χ0n) is 11.8. The number of hydrogen-bond acceptors (Lipinski definition) is 2. The summed E-state index contributed by atoms with van der Waals surface area (Å²) in [5.41, 5.74) is 1.34. The average molecular weight is 328 g/mol. The normalized spacial score (nSPS) is 10.8. The van der Waals surface area contributed by atoms with Crippen LogP contribution in [0.1, 0.15) is 42.6 Å². The van der Waals surface area contributed by atoms with Gasteiger partial charge in [0.25, 0.3) is 5.91 Å². The van der Waals surface area contributed by atoms with Gasteiger partial charge in [0.1, 0.15) is 5.75 Å². The number of aryl methyl sites for hydroxylation is 1. The van der Waals surface area contributed by atoms with E-state index < -0.39 is 0 Å². The first-order valence-corrected chi connectivity index (χ1v) is 7.83. The van der Waals surface area contributed by atoms with Crippen LogP contribution in [0, 0.1) is 6.92 Å². The van der Waals surface area contributed by atoms with Gasteiger partial charge in [-0.15, -0.1) is 0 Å². The molecule has 0 bridgehead atoms. The van der Waals surface area contributed by atoms with Gasteiger partial charge in [-0.25, -0.2) is 0 Å². The molecule has 0 fully saturated rings. The highest BCUT2D eigenvalue weighted by molar-refractivity contribution is 9.09. The number of hydrogen-bond donors (Lipinski definition) is 1. The molecule has 0 spiro atoms. The Morgan fingerprint density at radius 1 is 1.37 bits per heavy atom. The maximum Gasteiger partial charge on any atom is 0.254 e. The van der Waals surface area contributed by atoms with Crippen molar-refractivity contribution in [3.63, 3.8) is 0 Å². The Hall–Kier alpha value is -1.03. The smallest absolute Gasteiger partial charge is 0.254 e. The van der Waals surface area contributed by atoms with Gasteiger partial charge in [-0.2, -0.15) is 0 Å². The van der Waals surface area contributed by atoms with Gasteiger partial charge in [-0.3, -0.25) is 4.79 Å². The zero-order valence-corrected chi connectivity index (χ0v) is 13.4. The molecule has 3 nitrogen and oxygen atoms in total. The van der Waals surface area contributed by atoms with Crippen LogP contribution in [0.5, 0.6) is 5.75 Å². The maximum absolute atomic E-state index is 12.6. The summed E-state index contributed by atoms with van der Waals surface area (Å²) in [6, 6.07) is 5.36. The lowest BCUT2D eigenvalue weighted by molar-refractivity contribution is 0.0682. The number of alkyl halides is 1. The molecule has 1 aromatic rings. The lowest BCUT2D eigenvalue weighted by Gasteiger charge is -2.30. The van der Waals surface area contributed by atoms with Gasteiger partial charge in [0.15, 0.2) is 0 Å². The molecule has 0 aliphatic carbocycles. The maximum atomic E-state index is 12.6. The molecule has 1 rings (SSSR count). The van der Waals surface area contributed by atoms with Crippen LogP contribution in [0.2, 0.25) is 0 Å². The van der Waals surface area contributed by atoms with Gasteiger partial charge in [0.2, 0.25) is 0 Å². The molecule has 0 aliphatic rings. The van der Waals surface area contributed by atoms with E-state index in [0.717, 1.165) is 23.7 Å². The first-order valence-electron chi connectivity index (χ1n) is 6.71. The number of halogens is 1. The lowest BCUT2D eigenvalue weighted by Crippen LogP contribution is -2.41. The minimum atomic E-state index is -0.0107. The number of aromatic hydroxyl groups is 1. The summed E-state index contributed by atoms with van der Waals surface area (Å²) in [5, 5.41) is 10.5. The van der Waals surface area contributed by atoms with Gasteiger partial charge >= 0.3 is 0 Å². The van der Waals surface area contributed by atoms with Crippen molar-refractivity contribution in [1.29, 1.82) is 0 Å². The highest BCUT2D eigenvalue weighted by Crippen LogP contribution is 2.20. The van der Waals surface area contributed by atoms with Crippen molar-refractivity contribution in [1.82, 2.24) is 4.90 Å². The molecular weight excluding hydrogens is 306 g/mol. The Morgan fingerprint density at radius 3 is 2.47 bits per heavy atom. The van der Waals surface area contributed by atoms with Crippen molar-refractivity contribution in [2.75, 3.05) is 11.9 Å². The molecule has 106 valence electrons. The van der Waals surface area contributed by atoms with E-state index in [-0.39, 0.29) is 17.7 Å². The number of phenolic OH excluding ortho intramolecular Hbond substituents is 1. The summed E-state index contributed by atoms with van der Waals surface area (Å²) in [6.45, 7) is 6.69. The fourth-order valence-electron chi connectivity index (χ4n) is 2.18. The molecule has 1 aromatic carbocycles. The molecule has 0 saturated carbocycles. The van der Waals surface area contributed by atoms with E-state index in [1.807, 2.05) is 11.8 Å². The van der Waals surface area contributed by atoms with Crippen molar-refractivity contribution in [3.8, 4) is 5.75 Å². The fraction of sp³-hybridized carbons (Fsp3) is 0.533. The predicted molar refractivity (Wildman–Crippen MR) is 82.0 cm³/mol. The van der Waals surface area contributed by atoms with Crippen LogP contribution >= 0.6 is 15.9 Å². The molecule has 0 saturated heterocycles. The van der Waals surface area contributed by atoms with Crippen LogP contribution in [0.25, 0.3) is 0 Å². The number of rotatable bonds is 6. The molecule has 0 radical (unpaired) electrons. The Balaban J connectivity index is 3.01. The summed E-state index contributed by atoms with van der Waals surface area (Å²) in [7, 11) is 0. The largest absolute Gasteiger partial charge is 0.508 e. The molecule has 0 unspecified atom stereocenters. The Kier molecular flexibility index (Phi) is 6.35. The number of nitrogens with zero attached hydrogens (tertiary/aromatic N) is 1. The summed E-state index contributed by atoms with van der Waals surface area (Å²) < 4.78 is 0. The minimum Gasteiger partial charge on any atom is -0.508 e. The molecule has 0 aliphatic heterocycles. The van der Waals surface area contributed by atoms with Crippen molar-refractivity contribution < 1.29 is 9.90 Å². The van der Waals surface area contributed by atoms with Gasteiger partial charge in [0.05, 0.1) is 0 Å². The molecule has 19 heavy (non-hydrogen) atoms. The summed E-state index contributed by atoms with van der Waals surface area (Å²) in [5.74, 6) is 0.164. The Morgan fingerprint density at radius 2 is 2.00 bits per heavy atom. The van der Waals surface area contributed by atoms with Crippen molar-refractivity contribution >= 4 is 21.8 Å². The van der Waals surface area contributed by atoms with Crippen LogP contribution in [0.3, 0.4) is 0 Å². The Bertz CT molecular complexity index is 430. The Labute approximate surface area is 123 Å². The second-order valence-corrected chi connectivity index (χ2v) is 5.45. The van der Waals surface area contributed by atoms with E-state index in [2.05, 4.69) is 29.8 Å². The summed E-state index contributed by atoms with van der Waals surface area (Å²) >= 11 is 3.40. The highest BCUT2D eigenvalue weighted by atomic mass is 79.9. The third kappa shape index (κ3) is 3.96. The minimum absolute atomic E-state index is 0.0107. The molecule has 1 N–H and O–H groups in total. The third-order valence-electron chi connectivity index (χ3n) is 3.43. The van der Waals surface area contributed by atoms with E-state index in [1.54, 1.807) is 18.2 Å². The second kappa shape index (κ2) is 7.53. The topological polar surface area (TPSA) is 40.5 Å². The first kappa shape index (κ1) is 16.0. The van der Waals surface area contributed by atoms with E-state index in [4.69, 9.17) is 0 Å². The molecular formula is C15H22BrNO2. The SMILES string of the molecule is CCC(CC)N(CCBr)C(=O)c1ccc(C)c(O)c1. The van der Waals surface area contributed by atoms with E-state index in [9.17, 15) is 9.90 Å². The molecule has 0 atom stereocenters. The highest BCUT2D eigenvalue weighted by Gasteiger charge is 2.22. The van der Waals surface area contributed by atoms with Crippen molar-refractivity contribution in [2.45, 2.75) is 39.7 Å². The fourth-order valence-corrected chi connectivity index (χ4v) is 2.56. The van der Waals surface area contributed by atoms with E-state index >= 15 is 0 Å². The standard InChI is InChI=1S/C15H22BrNO2/c1-4-13(5-2)17(9-8-16)15(19)12-7-6-11(3)14(18)10-12/h6-7,10,13,18H,4-5,8-9H2,1-3H3. The van der Waals surface area contributed by atoms with Crippen molar-refractivity contribution in [3.05, 3.63) is 29.3 Å². The number of amides is 1. The van der Waals surface area contributed by atoms with Gasteiger partial charge in [-0.1, -0.05) is 35.8 Å². The number of phenols is 1. The number of benzene rings is 1. The number of carbonyl (C=O) groups excluding carboxylic acids is 1. The predicted octanol–water partition coefficient (Wildman–Crippen LogP) is 3.73. The molecule has 0 aromatic heterocycles. The van der Waals surface area contributed by atoms with Crippen molar-refractivity contribution in [2.24, 2.45) is 0 Å². The first-order chi connectivity index (χ1) is 9.04. The molecule has 1 amide bonds. The van der Waals surface area contributed by atoms with E-state index in [0.29, 0.717) is 12.1 Å². The van der Waals surface area contributed by atoms with Gasteiger partial charge in [-0.05, 0) is 37.5 Å². The van der Waals surface area contributed by atoms with Crippen LogP contribution in [0.15, 0.2) is 18.2 Å². The second-order valence-electron chi connectivity index (χ2n) is 4.66. The zero-order chi connectivity index (χ0) is 14.4. The lowest BCUT2D eigenvalue weighted by atomic mass is 10.1. The van der Waals surface area contributed by atoms with Crippen LogP contribution < -0.4 is 0 Å². The van der Waals surface area contributed by atoms with Gasteiger partial charge in [0, 0.05) is 23.5 Å². The van der Waals surface area contributed by atoms with Gasteiger partial charge < -0.3 is 10.0 Å². The monoisotopic (exact) mass is 327 g/mol. The van der Waals surface area contributed by atoms with Crippen LogP contribution in [0.4, 0.5) is 0 Å². The number of carbonyl (C=O) groups is 1. The summed E-state index contributed by atoms with van der Waals surface area (Å²) in [4.78, 5) is 14.4. The molecule has 0 heterocycles.